The Morgan fingerprint density at radius 1 is 1.24 bits per heavy atom. The highest BCUT2D eigenvalue weighted by Crippen LogP contribution is 2.34. The molecule has 3 N–H and O–H groups in total. The highest BCUT2D eigenvalue weighted by Gasteiger charge is 2.27. The van der Waals surface area contributed by atoms with Crippen LogP contribution in [0, 0.1) is 0 Å². The van der Waals surface area contributed by atoms with Crippen LogP contribution in [0.3, 0.4) is 0 Å². The molecule has 1 aliphatic carbocycles. The van der Waals surface area contributed by atoms with Crippen molar-refractivity contribution in [3.8, 4) is 0 Å². The molecular formula is C15H15BrN2O2S. The number of rotatable bonds is 4. The Balaban J connectivity index is 1.72. The first-order chi connectivity index (χ1) is 9.97. The van der Waals surface area contributed by atoms with Crippen molar-refractivity contribution in [2.75, 3.05) is 12.3 Å². The van der Waals surface area contributed by atoms with E-state index in [0.717, 1.165) is 6.42 Å². The smallest absolute Gasteiger partial charge is 0.240 e. The maximum atomic E-state index is 12.3. The van der Waals surface area contributed by atoms with Gasteiger partial charge < -0.3 is 5.73 Å². The number of nitrogens with one attached hydrogen (secondary N) is 1. The summed E-state index contributed by atoms with van der Waals surface area (Å²) in [6.07, 6.45) is 0.921. The molecule has 2 aromatic carbocycles. The maximum Gasteiger partial charge on any atom is 0.240 e. The fraction of sp³-hybridized carbons (Fsp3) is 0.200. The maximum absolute atomic E-state index is 12.3. The first kappa shape index (κ1) is 14.6. The number of hydrogen-bond acceptors (Lipinski definition) is 3. The van der Waals surface area contributed by atoms with Gasteiger partial charge in [-0.15, -0.1) is 0 Å². The predicted octanol–water partition coefficient (Wildman–Crippen LogP) is 2.65. The molecule has 0 saturated carbocycles. The molecule has 1 unspecified atom stereocenters. The normalized spacial score (nSPS) is 17.1. The van der Waals surface area contributed by atoms with Crippen molar-refractivity contribution < 1.29 is 8.42 Å². The van der Waals surface area contributed by atoms with E-state index in [-0.39, 0.29) is 10.8 Å². The Hall–Kier alpha value is -1.37. The quantitative estimate of drug-likeness (QED) is 0.817. The SMILES string of the molecule is Nc1ccc(S(=O)(=O)NCC2Cc3ccccc32)cc1Br. The topological polar surface area (TPSA) is 72.2 Å². The first-order valence-electron chi connectivity index (χ1n) is 6.60. The van der Waals surface area contributed by atoms with Crippen LogP contribution in [-0.2, 0) is 16.4 Å². The third kappa shape index (κ3) is 2.84. The van der Waals surface area contributed by atoms with E-state index >= 15 is 0 Å². The molecule has 6 heteroatoms. The van der Waals surface area contributed by atoms with E-state index in [1.807, 2.05) is 12.1 Å². The Morgan fingerprint density at radius 2 is 2.00 bits per heavy atom. The third-order valence-corrected chi connectivity index (χ3v) is 5.87. The van der Waals surface area contributed by atoms with Crippen LogP contribution < -0.4 is 10.5 Å². The number of nitrogens with two attached hydrogens (primary N) is 1. The molecule has 0 saturated heterocycles. The van der Waals surface area contributed by atoms with Gasteiger partial charge in [-0.05, 0) is 51.7 Å². The number of nitrogen functional groups attached to an aromatic ring is 1. The molecule has 0 spiro atoms. The lowest BCUT2D eigenvalue weighted by Gasteiger charge is -2.30. The van der Waals surface area contributed by atoms with Crippen molar-refractivity contribution in [2.24, 2.45) is 0 Å². The van der Waals surface area contributed by atoms with Crippen LogP contribution in [0.5, 0.6) is 0 Å². The molecule has 21 heavy (non-hydrogen) atoms. The van der Waals surface area contributed by atoms with E-state index in [4.69, 9.17) is 5.73 Å². The summed E-state index contributed by atoms with van der Waals surface area (Å²) in [5, 5.41) is 0. The van der Waals surface area contributed by atoms with Gasteiger partial charge in [-0.1, -0.05) is 24.3 Å². The van der Waals surface area contributed by atoms with Gasteiger partial charge in [-0.3, -0.25) is 0 Å². The molecule has 0 aliphatic heterocycles. The monoisotopic (exact) mass is 366 g/mol. The lowest BCUT2D eigenvalue weighted by Crippen LogP contribution is -2.33. The highest BCUT2D eigenvalue weighted by atomic mass is 79.9. The predicted molar refractivity (Wildman–Crippen MR) is 86.6 cm³/mol. The fourth-order valence-electron chi connectivity index (χ4n) is 2.51. The van der Waals surface area contributed by atoms with Crippen molar-refractivity contribution in [1.82, 2.24) is 4.72 Å². The Morgan fingerprint density at radius 3 is 2.71 bits per heavy atom. The second-order valence-electron chi connectivity index (χ2n) is 5.14. The molecule has 4 nitrogen and oxygen atoms in total. The number of halogens is 1. The summed E-state index contributed by atoms with van der Waals surface area (Å²) in [6, 6.07) is 12.7. The van der Waals surface area contributed by atoms with Gasteiger partial charge in [0.1, 0.15) is 0 Å². The minimum atomic E-state index is -3.51. The lowest BCUT2D eigenvalue weighted by atomic mass is 9.78. The number of hydrogen-bond donors (Lipinski definition) is 2. The minimum Gasteiger partial charge on any atom is -0.398 e. The van der Waals surface area contributed by atoms with Crippen LogP contribution in [0.4, 0.5) is 5.69 Å². The van der Waals surface area contributed by atoms with E-state index in [1.165, 1.54) is 23.3 Å². The minimum absolute atomic E-state index is 0.219. The molecule has 2 aromatic rings. The summed E-state index contributed by atoms with van der Waals surface area (Å²) in [5.41, 5.74) is 8.73. The van der Waals surface area contributed by atoms with Gasteiger partial charge in [-0.25, -0.2) is 13.1 Å². The van der Waals surface area contributed by atoms with Crippen LogP contribution >= 0.6 is 15.9 Å². The molecule has 1 aliphatic rings. The van der Waals surface area contributed by atoms with E-state index < -0.39 is 10.0 Å². The van der Waals surface area contributed by atoms with Crippen molar-refractivity contribution in [1.29, 1.82) is 0 Å². The second kappa shape index (κ2) is 5.44. The van der Waals surface area contributed by atoms with Gasteiger partial charge in [0.05, 0.1) is 4.90 Å². The summed E-state index contributed by atoms with van der Waals surface area (Å²) < 4.78 is 27.8. The molecule has 3 rings (SSSR count). The molecule has 110 valence electrons. The van der Waals surface area contributed by atoms with Crippen LogP contribution in [0.1, 0.15) is 17.0 Å². The number of sulfonamides is 1. The van der Waals surface area contributed by atoms with E-state index in [2.05, 4.69) is 32.8 Å². The van der Waals surface area contributed by atoms with Gasteiger partial charge in [0.25, 0.3) is 0 Å². The van der Waals surface area contributed by atoms with Crippen LogP contribution in [0.15, 0.2) is 51.8 Å². The summed E-state index contributed by atoms with van der Waals surface area (Å²) >= 11 is 3.25. The molecular weight excluding hydrogens is 352 g/mol. The number of benzene rings is 2. The zero-order valence-electron chi connectivity index (χ0n) is 11.2. The van der Waals surface area contributed by atoms with Gasteiger partial charge in [0, 0.05) is 22.6 Å². The summed E-state index contributed by atoms with van der Waals surface area (Å²) in [7, 11) is -3.51. The number of anilines is 1. The number of fused-ring (bicyclic) bond motifs is 1. The zero-order chi connectivity index (χ0) is 15.0. The highest BCUT2D eigenvalue weighted by molar-refractivity contribution is 9.10. The molecule has 1 atom stereocenters. The molecule has 0 aromatic heterocycles. The standard InChI is InChI=1S/C15H15BrN2O2S/c16-14-8-12(5-6-15(14)17)21(19,20)18-9-11-7-10-3-1-2-4-13(10)11/h1-6,8,11,18H,7,9,17H2. The van der Waals surface area contributed by atoms with Crippen molar-refractivity contribution >= 4 is 31.6 Å². The molecule has 0 bridgehead atoms. The lowest BCUT2D eigenvalue weighted by molar-refractivity contribution is 0.552. The fourth-order valence-corrected chi connectivity index (χ4v) is 4.15. The average molecular weight is 367 g/mol. The van der Waals surface area contributed by atoms with Crippen LogP contribution in [0.25, 0.3) is 0 Å². The van der Waals surface area contributed by atoms with Crippen LogP contribution in [-0.4, -0.2) is 15.0 Å². The summed E-state index contributed by atoms with van der Waals surface area (Å²) in [6.45, 7) is 0.418. The molecule has 0 radical (unpaired) electrons. The van der Waals surface area contributed by atoms with Gasteiger partial charge >= 0.3 is 0 Å². The second-order valence-corrected chi connectivity index (χ2v) is 7.76. The average Bonchev–Trinajstić information content (AvgIpc) is 2.42. The van der Waals surface area contributed by atoms with Crippen molar-refractivity contribution in [3.05, 3.63) is 58.1 Å². The Bertz CT molecular complexity index is 790. The third-order valence-electron chi connectivity index (χ3n) is 3.76. The summed E-state index contributed by atoms with van der Waals surface area (Å²) in [5.74, 6) is 0.258. The Kier molecular flexibility index (Phi) is 3.77. The Labute approximate surface area is 132 Å². The van der Waals surface area contributed by atoms with E-state index in [9.17, 15) is 8.42 Å². The molecule has 0 fully saturated rings. The summed E-state index contributed by atoms with van der Waals surface area (Å²) in [4.78, 5) is 0.219. The largest absolute Gasteiger partial charge is 0.398 e. The van der Waals surface area contributed by atoms with E-state index in [1.54, 1.807) is 6.07 Å². The first-order valence-corrected chi connectivity index (χ1v) is 8.87. The van der Waals surface area contributed by atoms with Crippen molar-refractivity contribution in [3.63, 3.8) is 0 Å². The van der Waals surface area contributed by atoms with E-state index in [0.29, 0.717) is 16.7 Å². The van der Waals surface area contributed by atoms with Crippen molar-refractivity contribution in [2.45, 2.75) is 17.2 Å². The zero-order valence-corrected chi connectivity index (χ0v) is 13.6. The van der Waals surface area contributed by atoms with Gasteiger partial charge in [0.2, 0.25) is 10.0 Å². The molecule has 0 amide bonds. The van der Waals surface area contributed by atoms with Gasteiger partial charge in [0.15, 0.2) is 0 Å². The van der Waals surface area contributed by atoms with Gasteiger partial charge in [-0.2, -0.15) is 0 Å². The molecule has 0 heterocycles. The van der Waals surface area contributed by atoms with Crippen LogP contribution in [0.2, 0.25) is 0 Å².